The van der Waals surface area contributed by atoms with Crippen molar-refractivity contribution in [3.05, 3.63) is 33.9 Å². The van der Waals surface area contributed by atoms with Crippen molar-refractivity contribution in [2.75, 3.05) is 32.1 Å². The van der Waals surface area contributed by atoms with Crippen LogP contribution in [-0.4, -0.2) is 50.1 Å². The van der Waals surface area contributed by atoms with Crippen LogP contribution in [0.5, 0.6) is 0 Å². The Balaban J connectivity index is 2.75. The van der Waals surface area contributed by atoms with Crippen LogP contribution in [0.4, 0.5) is 16.2 Å². The van der Waals surface area contributed by atoms with Crippen LogP contribution in [-0.2, 0) is 9.53 Å². The van der Waals surface area contributed by atoms with Crippen molar-refractivity contribution >= 4 is 29.3 Å². The van der Waals surface area contributed by atoms with Crippen LogP contribution in [0.3, 0.4) is 0 Å². The number of imide groups is 1. The second-order valence-corrected chi connectivity index (χ2v) is 4.84. The van der Waals surface area contributed by atoms with Crippen molar-refractivity contribution < 1.29 is 24.0 Å². The fourth-order valence-electron chi connectivity index (χ4n) is 1.76. The molecule has 0 fully saturated rings. The van der Waals surface area contributed by atoms with Crippen LogP contribution in [0.25, 0.3) is 0 Å². The molecule has 0 heterocycles. The molecule has 2 N–H and O–H groups in total. The molecule has 0 aliphatic heterocycles. The Morgan fingerprint density at radius 3 is 2.50 bits per heavy atom. The molecule has 1 aromatic rings. The fraction of sp³-hybridized carbons (Fsp3) is 0.357. The van der Waals surface area contributed by atoms with Gasteiger partial charge in [-0.1, -0.05) is 0 Å². The Kier molecular flexibility index (Phi) is 6.65. The predicted molar refractivity (Wildman–Crippen MR) is 84.9 cm³/mol. The summed E-state index contributed by atoms with van der Waals surface area (Å²) >= 11 is 0. The number of esters is 1. The summed E-state index contributed by atoms with van der Waals surface area (Å²) in [5, 5.41) is 15.4. The van der Waals surface area contributed by atoms with E-state index in [1.807, 2.05) is 5.32 Å². The zero-order valence-electron chi connectivity index (χ0n) is 13.5. The van der Waals surface area contributed by atoms with Crippen molar-refractivity contribution in [1.29, 1.82) is 0 Å². The van der Waals surface area contributed by atoms with Crippen LogP contribution in [0.1, 0.15) is 17.3 Å². The standard InChI is InChI=1S/C14H18N4O6/c1-4-15-14(21)16-12(19)8-24-13(20)9-5-6-10(17(2)3)11(7-9)18(22)23/h5-7H,4,8H2,1-3H3,(H2,15,16,19,21). The summed E-state index contributed by atoms with van der Waals surface area (Å²) < 4.78 is 4.74. The topological polar surface area (TPSA) is 131 Å². The van der Waals surface area contributed by atoms with E-state index in [9.17, 15) is 24.5 Å². The normalized spacial score (nSPS) is 9.79. The third-order valence-electron chi connectivity index (χ3n) is 2.81. The number of carbonyl (C=O) groups excluding carboxylic acids is 3. The molecule has 3 amide bonds. The van der Waals surface area contributed by atoms with Gasteiger partial charge in [-0.3, -0.25) is 20.2 Å². The van der Waals surface area contributed by atoms with Crippen LogP contribution in [0, 0.1) is 10.1 Å². The van der Waals surface area contributed by atoms with E-state index in [0.717, 1.165) is 6.07 Å². The number of amides is 3. The summed E-state index contributed by atoms with van der Waals surface area (Å²) in [7, 11) is 3.26. The molecule has 0 bridgehead atoms. The van der Waals surface area contributed by atoms with E-state index >= 15 is 0 Å². The minimum atomic E-state index is -0.908. The molecule has 10 nitrogen and oxygen atoms in total. The van der Waals surface area contributed by atoms with Gasteiger partial charge < -0.3 is 15.0 Å². The summed E-state index contributed by atoms with van der Waals surface area (Å²) in [5.74, 6) is -1.72. The number of ether oxygens (including phenoxy) is 1. The molecule has 0 unspecified atom stereocenters. The third-order valence-corrected chi connectivity index (χ3v) is 2.81. The molecular formula is C14H18N4O6. The Morgan fingerprint density at radius 1 is 1.29 bits per heavy atom. The minimum absolute atomic E-state index is 0.0712. The zero-order valence-corrected chi connectivity index (χ0v) is 13.5. The number of anilines is 1. The molecule has 130 valence electrons. The van der Waals surface area contributed by atoms with Crippen LogP contribution >= 0.6 is 0 Å². The quantitative estimate of drug-likeness (QED) is 0.442. The van der Waals surface area contributed by atoms with Gasteiger partial charge in [0.25, 0.3) is 11.6 Å². The SMILES string of the molecule is CCNC(=O)NC(=O)COC(=O)c1ccc(N(C)C)c([N+](=O)[O-])c1. The van der Waals surface area contributed by atoms with Gasteiger partial charge in [0.05, 0.1) is 10.5 Å². The minimum Gasteiger partial charge on any atom is -0.452 e. The van der Waals surface area contributed by atoms with Gasteiger partial charge in [0.15, 0.2) is 6.61 Å². The van der Waals surface area contributed by atoms with E-state index in [-0.39, 0.29) is 11.3 Å². The Hall–Kier alpha value is -3.17. The summed E-state index contributed by atoms with van der Waals surface area (Å²) in [6, 6.07) is 3.12. The van der Waals surface area contributed by atoms with Gasteiger partial charge in [-0.15, -0.1) is 0 Å². The van der Waals surface area contributed by atoms with Gasteiger partial charge in [0.2, 0.25) is 0 Å². The molecule has 0 aliphatic carbocycles. The van der Waals surface area contributed by atoms with Crippen LogP contribution < -0.4 is 15.5 Å². The Labute approximate surface area is 137 Å². The number of hydrogen-bond donors (Lipinski definition) is 2. The van der Waals surface area contributed by atoms with E-state index in [2.05, 4.69) is 5.32 Å². The Bertz CT molecular complexity index is 659. The predicted octanol–water partition coefficient (Wildman–Crippen LogP) is 0.663. The van der Waals surface area contributed by atoms with Gasteiger partial charge in [-0.05, 0) is 19.1 Å². The van der Waals surface area contributed by atoms with E-state index < -0.39 is 29.4 Å². The van der Waals surface area contributed by atoms with Gasteiger partial charge in [0.1, 0.15) is 5.69 Å². The molecule has 10 heteroatoms. The molecular weight excluding hydrogens is 320 g/mol. The molecule has 1 aromatic carbocycles. The van der Waals surface area contributed by atoms with Crippen molar-refractivity contribution in [2.45, 2.75) is 6.92 Å². The first-order valence-electron chi connectivity index (χ1n) is 6.96. The number of rotatable bonds is 6. The van der Waals surface area contributed by atoms with Gasteiger partial charge in [-0.25, -0.2) is 9.59 Å². The van der Waals surface area contributed by atoms with E-state index in [4.69, 9.17) is 4.74 Å². The van der Waals surface area contributed by atoms with Crippen molar-refractivity contribution in [3.8, 4) is 0 Å². The van der Waals surface area contributed by atoms with Crippen LogP contribution in [0.2, 0.25) is 0 Å². The smallest absolute Gasteiger partial charge is 0.338 e. The fourth-order valence-corrected chi connectivity index (χ4v) is 1.76. The highest BCUT2D eigenvalue weighted by molar-refractivity contribution is 5.97. The number of nitro benzene ring substituents is 1. The molecule has 0 aromatic heterocycles. The summed E-state index contributed by atoms with van der Waals surface area (Å²) in [5.41, 5.74) is -0.00938. The Morgan fingerprint density at radius 2 is 1.96 bits per heavy atom. The van der Waals surface area contributed by atoms with Crippen molar-refractivity contribution in [2.24, 2.45) is 0 Å². The average Bonchev–Trinajstić information content (AvgIpc) is 2.51. The number of nitrogens with one attached hydrogen (secondary N) is 2. The molecule has 1 rings (SSSR count). The van der Waals surface area contributed by atoms with E-state index in [0.29, 0.717) is 12.2 Å². The largest absolute Gasteiger partial charge is 0.452 e. The second-order valence-electron chi connectivity index (χ2n) is 4.84. The van der Waals surface area contributed by atoms with Crippen LogP contribution in [0.15, 0.2) is 18.2 Å². The highest BCUT2D eigenvalue weighted by Crippen LogP contribution is 2.27. The average molecular weight is 338 g/mol. The number of urea groups is 1. The maximum absolute atomic E-state index is 11.9. The van der Waals surface area contributed by atoms with Crippen molar-refractivity contribution in [3.63, 3.8) is 0 Å². The molecule has 24 heavy (non-hydrogen) atoms. The lowest BCUT2D eigenvalue weighted by atomic mass is 10.1. The lowest BCUT2D eigenvalue weighted by Gasteiger charge is -2.13. The number of benzene rings is 1. The lowest BCUT2D eigenvalue weighted by Crippen LogP contribution is -2.41. The summed E-state index contributed by atoms with van der Waals surface area (Å²) in [4.78, 5) is 46.4. The number of hydrogen-bond acceptors (Lipinski definition) is 7. The zero-order chi connectivity index (χ0) is 18.3. The lowest BCUT2D eigenvalue weighted by molar-refractivity contribution is -0.384. The van der Waals surface area contributed by atoms with Gasteiger partial charge in [-0.2, -0.15) is 0 Å². The molecule has 0 saturated carbocycles. The summed E-state index contributed by atoms with van der Waals surface area (Å²) in [6.45, 7) is 1.33. The van der Waals surface area contributed by atoms with E-state index in [1.165, 1.54) is 17.0 Å². The van der Waals surface area contributed by atoms with Gasteiger partial charge in [0, 0.05) is 26.7 Å². The molecule has 0 aliphatic rings. The molecule has 0 radical (unpaired) electrons. The molecule has 0 spiro atoms. The number of nitro groups is 1. The monoisotopic (exact) mass is 338 g/mol. The maximum atomic E-state index is 11.9. The number of carbonyl (C=O) groups is 3. The van der Waals surface area contributed by atoms with E-state index in [1.54, 1.807) is 21.0 Å². The summed E-state index contributed by atoms with van der Waals surface area (Å²) in [6.07, 6.45) is 0. The highest BCUT2D eigenvalue weighted by Gasteiger charge is 2.20. The molecule has 0 saturated heterocycles. The molecule has 0 atom stereocenters. The van der Waals surface area contributed by atoms with Crippen molar-refractivity contribution in [1.82, 2.24) is 10.6 Å². The number of nitrogens with zero attached hydrogens (tertiary/aromatic N) is 2. The first kappa shape index (κ1) is 18.9. The van der Waals surface area contributed by atoms with Gasteiger partial charge >= 0.3 is 12.0 Å². The first-order valence-corrected chi connectivity index (χ1v) is 6.96. The second kappa shape index (κ2) is 8.46. The first-order chi connectivity index (χ1) is 11.3. The maximum Gasteiger partial charge on any atom is 0.338 e. The third kappa shape index (κ3) is 5.23. The highest BCUT2D eigenvalue weighted by atomic mass is 16.6.